The van der Waals surface area contributed by atoms with Crippen LogP contribution < -0.4 is 10.6 Å². The SMILES string of the molecule is CCNC(=NCc1ccc(Br)cc1C)NC1CCN(CCOC(C)C)CC1. The second-order valence-electron chi connectivity index (χ2n) is 7.45. The first kappa shape index (κ1) is 22.2. The third kappa shape index (κ3) is 8.20. The van der Waals surface area contributed by atoms with Crippen LogP contribution in [0.25, 0.3) is 0 Å². The molecule has 27 heavy (non-hydrogen) atoms. The van der Waals surface area contributed by atoms with E-state index in [9.17, 15) is 0 Å². The summed E-state index contributed by atoms with van der Waals surface area (Å²) in [4.78, 5) is 7.30. The van der Waals surface area contributed by atoms with E-state index >= 15 is 0 Å². The van der Waals surface area contributed by atoms with Gasteiger partial charge in [-0.3, -0.25) is 0 Å². The Morgan fingerprint density at radius 2 is 2.07 bits per heavy atom. The van der Waals surface area contributed by atoms with E-state index in [0.29, 0.717) is 18.7 Å². The van der Waals surface area contributed by atoms with E-state index in [-0.39, 0.29) is 0 Å². The summed E-state index contributed by atoms with van der Waals surface area (Å²) in [5.74, 6) is 0.918. The second-order valence-corrected chi connectivity index (χ2v) is 8.36. The Morgan fingerprint density at radius 1 is 1.33 bits per heavy atom. The summed E-state index contributed by atoms with van der Waals surface area (Å²) in [5.41, 5.74) is 2.52. The van der Waals surface area contributed by atoms with Crippen LogP contribution in [0, 0.1) is 6.92 Å². The molecular weight excluding hydrogens is 404 g/mol. The van der Waals surface area contributed by atoms with Crippen LogP contribution in [0.15, 0.2) is 27.7 Å². The van der Waals surface area contributed by atoms with Crippen LogP contribution in [-0.4, -0.2) is 55.8 Å². The minimum absolute atomic E-state index is 0.317. The number of piperidine rings is 1. The molecule has 5 nitrogen and oxygen atoms in total. The topological polar surface area (TPSA) is 48.9 Å². The first-order chi connectivity index (χ1) is 13.0. The molecule has 0 amide bonds. The number of nitrogens with one attached hydrogen (secondary N) is 2. The third-order valence-electron chi connectivity index (χ3n) is 4.84. The summed E-state index contributed by atoms with van der Waals surface area (Å²) in [5, 5.41) is 7.01. The molecule has 0 saturated carbocycles. The number of aliphatic imine (C=N–C) groups is 1. The van der Waals surface area contributed by atoms with Gasteiger partial charge in [0.15, 0.2) is 5.96 Å². The molecule has 1 fully saturated rings. The molecule has 0 spiro atoms. The van der Waals surface area contributed by atoms with Crippen molar-refractivity contribution in [3.05, 3.63) is 33.8 Å². The summed E-state index contributed by atoms with van der Waals surface area (Å²) >= 11 is 3.52. The summed E-state index contributed by atoms with van der Waals surface area (Å²) in [6.45, 7) is 14.1. The Kier molecular flexibility index (Phi) is 9.59. The number of likely N-dealkylation sites (tertiary alicyclic amines) is 1. The Hall–Kier alpha value is -1.11. The van der Waals surface area contributed by atoms with Crippen LogP contribution in [0.5, 0.6) is 0 Å². The number of hydrogen-bond donors (Lipinski definition) is 2. The van der Waals surface area contributed by atoms with E-state index in [0.717, 1.165) is 56.1 Å². The zero-order valence-electron chi connectivity index (χ0n) is 17.2. The highest BCUT2D eigenvalue weighted by Gasteiger charge is 2.19. The van der Waals surface area contributed by atoms with Crippen molar-refractivity contribution in [1.29, 1.82) is 0 Å². The lowest BCUT2D eigenvalue weighted by Crippen LogP contribution is -2.49. The van der Waals surface area contributed by atoms with Crippen molar-refractivity contribution in [3.63, 3.8) is 0 Å². The molecule has 2 rings (SSSR count). The van der Waals surface area contributed by atoms with E-state index in [4.69, 9.17) is 9.73 Å². The molecule has 152 valence electrons. The molecule has 1 aromatic carbocycles. The highest BCUT2D eigenvalue weighted by Crippen LogP contribution is 2.16. The van der Waals surface area contributed by atoms with Gasteiger partial charge in [0.2, 0.25) is 0 Å². The molecule has 1 saturated heterocycles. The van der Waals surface area contributed by atoms with Gasteiger partial charge in [0.05, 0.1) is 19.3 Å². The van der Waals surface area contributed by atoms with Crippen molar-refractivity contribution in [3.8, 4) is 0 Å². The molecule has 0 bridgehead atoms. The molecule has 0 aromatic heterocycles. The van der Waals surface area contributed by atoms with Crippen molar-refractivity contribution < 1.29 is 4.74 Å². The molecule has 1 aliphatic rings. The number of ether oxygens (including phenoxy) is 1. The maximum Gasteiger partial charge on any atom is 0.191 e. The normalized spacial score (nSPS) is 16.7. The number of benzene rings is 1. The Bertz CT molecular complexity index is 598. The lowest BCUT2D eigenvalue weighted by molar-refractivity contribution is 0.0532. The molecule has 0 unspecified atom stereocenters. The summed E-state index contributed by atoms with van der Waals surface area (Å²) in [7, 11) is 0. The first-order valence-electron chi connectivity index (χ1n) is 10.1. The summed E-state index contributed by atoms with van der Waals surface area (Å²) < 4.78 is 6.78. The van der Waals surface area contributed by atoms with Crippen LogP contribution in [0.3, 0.4) is 0 Å². The minimum Gasteiger partial charge on any atom is -0.377 e. The van der Waals surface area contributed by atoms with Gasteiger partial charge in [0, 0.05) is 36.7 Å². The van der Waals surface area contributed by atoms with Crippen LogP contribution in [0.2, 0.25) is 0 Å². The van der Waals surface area contributed by atoms with E-state index in [1.165, 1.54) is 11.1 Å². The Balaban J connectivity index is 1.82. The van der Waals surface area contributed by atoms with E-state index in [1.807, 2.05) is 0 Å². The van der Waals surface area contributed by atoms with Gasteiger partial charge in [-0.25, -0.2) is 4.99 Å². The van der Waals surface area contributed by atoms with Gasteiger partial charge in [-0.15, -0.1) is 0 Å². The zero-order chi connectivity index (χ0) is 19.6. The zero-order valence-corrected chi connectivity index (χ0v) is 18.8. The largest absolute Gasteiger partial charge is 0.377 e. The number of aryl methyl sites for hydroxylation is 1. The highest BCUT2D eigenvalue weighted by molar-refractivity contribution is 9.10. The standard InChI is InChI=1S/C21H35BrN4O/c1-5-23-21(24-15-18-6-7-19(22)14-17(18)4)25-20-8-10-26(11-9-20)12-13-27-16(2)3/h6-7,14,16,20H,5,8-13,15H2,1-4H3,(H2,23,24,25). The predicted molar refractivity (Wildman–Crippen MR) is 117 cm³/mol. The van der Waals surface area contributed by atoms with Gasteiger partial charge in [0.25, 0.3) is 0 Å². The lowest BCUT2D eigenvalue weighted by Gasteiger charge is -2.33. The average molecular weight is 439 g/mol. The number of guanidine groups is 1. The van der Waals surface area contributed by atoms with Crippen molar-refractivity contribution in [2.45, 2.75) is 59.2 Å². The smallest absolute Gasteiger partial charge is 0.191 e. The number of hydrogen-bond acceptors (Lipinski definition) is 3. The molecule has 1 aromatic rings. The van der Waals surface area contributed by atoms with Crippen LogP contribution in [-0.2, 0) is 11.3 Å². The number of halogens is 1. The number of nitrogens with zero attached hydrogens (tertiary/aromatic N) is 2. The van der Waals surface area contributed by atoms with Gasteiger partial charge in [-0.2, -0.15) is 0 Å². The monoisotopic (exact) mass is 438 g/mol. The lowest BCUT2D eigenvalue weighted by atomic mass is 10.1. The molecule has 0 aliphatic carbocycles. The van der Waals surface area contributed by atoms with Crippen molar-refractivity contribution in [2.24, 2.45) is 4.99 Å². The first-order valence-corrected chi connectivity index (χ1v) is 10.9. The van der Waals surface area contributed by atoms with Gasteiger partial charge < -0.3 is 20.3 Å². The van der Waals surface area contributed by atoms with E-state index in [1.54, 1.807) is 0 Å². The fraction of sp³-hybridized carbons (Fsp3) is 0.667. The van der Waals surface area contributed by atoms with Gasteiger partial charge >= 0.3 is 0 Å². The molecule has 0 radical (unpaired) electrons. The maximum absolute atomic E-state index is 5.67. The van der Waals surface area contributed by atoms with Gasteiger partial charge in [-0.1, -0.05) is 22.0 Å². The van der Waals surface area contributed by atoms with Crippen LogP contribution >= 0.6 is 15.9 Å². The van der Waals surface area contributed by atoms with E-state index < -0.39 is 0 Å². The molecule has 1 aliphatic heterocycles. The fourth-order valence-electron chi connectivity index (χ4n) is 3.23. The average Bonchev–Trinajstić information content (AvgIpc) is 2.62. The van der Waals surface area contributed by atoms with Crippen molar-refractivity contribution >= 4 is 21.9 Å². The molecule has 2 N–H and O–H groups in total. The van der Waals surface area contributed by atoms with Crippen LogP contribution in [0.1, 0.15) is 44.7 Å². The molecular formula is C21H35BrN4O. The quantitative estimate of drug-likeness (QED) is 0.479. The molecule has 6 heteroatoms. The van der Waals surface area contributed by atoms with Crippen molar-refractivity contribution in [2.75, 3.05) is 32.8 Å². The highest BCUT2D eigenvalue weighted by atomic mass is 79.9. The molecule has 1 heterocycles. The summed E-state index contributed by atoms with van der Waals surface area (Å²) in [6.07, 6.45) is 2.60. The predicted octanol–water partition coefficient (Wildman–Crippen LogP) is 3.70. The fourth-order valence-corrected chi connectivity index (χ4v) is 3.71. The van der Waals surface area contributed by atoms with Crippen molar-refractivity contribution in [1.82, 2.24) is 15.5 Å². The molecule has 0 atom stereocenters. The van der Waals surface area contributed by atoms with Gasteiger partial charge in [0.1, 0.15) is 0 Å². The second kappa shape index (κ2) is 11.7. The third-order valence-corrected chi connectivity index (χ3v) is 5.34. The van der Waals surface area contributed by atoms with E-state index in [2.05, 4.69) is 77.4 Å². The summed E-state index contributed by atoms with van der Waals surface area (Å²) in [6, 6.07) is 6.85. The maximum atomic E-state index is 5.67. The van der Waals surface area contributed by atoms with Crippen LogP contribution in [0.4, 0.5) is 0 Å². The van der Waals surface area contributed by atoms with Gasteiger partial charge in [-0.05, 0) is 63.8 Å². The minimum atomic E-state index is 0.317. The number of rotatable bonds is 8. The Morgan fingerprint density at radius 3 is 2.70 bits per heavy atom. The Labute approximate surface area is 173 Å².